The lowest BCUT2D eigenvalue weighted by Crippen LogP contribution is -2.47. The number of ether oxygens (including phenoxy) is 1. The predicted octanol–water partition coefficient (Wildman–Crippen LogP) is 2.17. The molecule has 128 valence electrons. The number of nitrogens with one attached hydrogen (secondary N) is 1. The second kappa shape index (κ2) is 7.64. The number of carbonyl (C=O) groups is 1. The van der Waals surface area contributed by atoms with Gasteiger partial charge in [-0.2, -0.15) is 0 Å². The van der Waals surface area contributed by atoms with Gasteiger partial charge < -0.3 is 19.9 Å². The highest BCUT2D eigenvalue weighted by atomic mass is 16.6. The Bertz CT molecular complexity index is 361. The van der Waals surface area contributed by atoms with E-state index < -0.39 is 5.60 Å². The van der Waals surface area contributed by atoms with Gasteiger partial charge in [0.15, 0.2) is 0 Å². The van der Waals surface area contributed by atoms with E-state index in [0.29, 0.717) is 5.92 Å². The highest BCUT2D eigenvalue weighted by Gasteiger charge is 2.31. The number of rotatable bonds is 3. The van der Waals surface area contributed by atoms with Gasteiger partial charge in [0.2, 0.25) is 0 Å². The van der Waals surface area contributed by atoms with Crippen LogP contribution in [0.15, 0.2) is 0 Å². The van der Waals surface area contributed by atoms with Gasteiger partial charge in [-0.05, 0) is 52.0 Å². The van der Waals surface area contributed by atoms with Gasteiger partial charge in [0.1, 0.15) is 5.60 Å². The summed E-state index contributed by atoms with van der Waals surface area (Å²) in [6, 6.07) is 0. The standard InChI is InChI=1S/C17H33N3O2/c1-14-13-20(16(21)22-17(2,3)4)10-6-15(14)5-9-19-11-7-18-8-12-19/h14-15,18H,5-13H2,1-4H3. The van der Waals surface area contributed by atoms with Crippen LogP contribution in [0.2, 0.25) is 0 Å². The fraction of sp³-hybridized carbons (Fsp3) is 0.941. The van der Waals surface area contributed by atoms with Crippen LogP contribution in [-0.2, 0) is 4.74 Å². The normalized spacial score (nSPS) is 27.7. The Balaban J connectivity index is 1.73. The third-order valence-corrected chi connectivity index (χ3v) is 4.76. The number of hydrogen-bond donors (Lipinski definition) is 1. The molecule has 0 aromatic rings. The number of piperazine rings is 1. The van der Waals surface area contributed by atoms with Crippen LogP contribution in [0.3, 0.4) is 0 Å². The molecule has 5 nitrogen and oxygen atoms in total. The SMILES string of the molecule is CC1CN(C(=O)OC(C)(C)C)CCC1CCN1CCNCC1. The van der Waals surface area contributed by atoms with Crippen LogP contribution in [-0.4, -0.2) is 67.3 Å². The molecule has 2 heterocycles. The average Bonchev–Trinajstić information content (AvgIpc) is 2.45. The maximum absolute atomic E-state index is 12.2. The zero-order valence-corrected chi connectivity index (χ0v) is 14.7. The van der Waals surface area contributed by atoms with Crippen molar-refractivity contribution < 1.29 is 9.53 Å². The molecular weight excluding hydrogens is 278 g/mol. The highest BCUT2D eigenvalue weighted by Crippen LogP contribution is 2.27. The molecule has 2 atom stereocenters. The van der Waals surface area contributed by atoms with Crippen LogP contribution < -0.4 is 5.32 Å². The summed E-state index contributed by atoms with van der Waals surface area (Å²) < 4.78 is 5.49. The molecule has 2 rings (SSSR count). The fourth-order valence-corrected chi connectivity index (χ4v) is 3.40. The Morgan fingerprint density at radius 2 is 1.91 bits per heavy atom. The van der Waals surface area contributed by atoms with E-state index >= 15 is 0 Å². The van der Waals surface area contributed by atoms with Gasteiger partial charge in [-0.15, -0.1) is 0 Å². The van der Waals surface area contributed by atoms with Crippen molar-refractivity contribution in [2.24, 2.45) is 11.8 Å². The molecule has 2 aliphatic rings. The second-order valence-electron chi connectivity index (χ2n) is 7.83. The van der Waals surface area contributed by atoms with Crippen LogP contribution in [0.4, 0.5) is 4.79 Å². The Labute approximate surface area is 135 Å². The molecule has 0 saturated carbocycles. The smallest absolute Gasteiger partial charge is 0.410 e. The second-order valence-corrected chi connectivity index (χ2v) is 7.83. The summed E-state index contributed by atoms with van der Waals surface area (Å²) in [7, 11) is 0. The van der Waals surface area contributed by atoms with Gasteiger partial charge >= 0.3 is 6.09 Å². The van der Waals surface area contributed by atoms with Crippen LogP contribution in [0.25, 0.3) is 0 Å². The molecule has 2 aliphatic heterocycles. The van der Waals surface area contributed by atoms with Gasteiger partial charge in [-0.3, -0.25) is 0 Å². The first kappa shape index (κ1) is 17.5. The summed E-state index contributed by atoms with van der Waals surface area (Å²) in [5.41, 5.74) is -0.403. The number of carbonyl (C=O) groups excluding carboxylic acids is 1. The Morgan fingerprint density at radius 3 is 2.50 bits per heavy atom. The molecule has 1 amide bonds. The number of likely N-dealkylation sites (tertiary alicyclic amines) is 1. The molecule has 22 heavy (non-hydrogen) atoms. The summed E-state index contributed by atoms with van der Waals surface area (Å²) in [5.74, 6) is 1.29. The summed E-state index contributed by atoms with van der Waals surface area (Å²) in [4.78, 5) is 16.6. The van der Waals surface area contributed by atoms with Crippen molar-refractivity contribution in [2.75, 3.05) is 45.8 Å². The Kier molecular flexibility index (Phi) is 6.09. The van der Waals surface area contributed by atoms with Crippen molar-refractivity contribution >= 4 is 6.09 Å². The van der Waals surface area contributed by atoms with Crippen LogP contribution in [0, 0.1) is 11.8 Å². The maximum atomic E-state index is 12.2. The van der Waals surface area contributed by atoms with Crippen molar-refractivity contribution in [1.29, 1.82) is 0 Å². The quantitative estimate of drug-likeness (QED) is 0.868. The van der Waals surface area contributed by atoms with E-state index in [-0.39, 0.29) is 6.09 Å². The Hall–Kier alpha value is -0.810. The molecule has 1 N–H and O–H groups in total. The van der Waals surface area contributed by atoms with E-state index in [1.54, 1.807) is 0 Å². The van der Waals surface area contributed by atoms with E-state index in [0.717, 1.165) is 38.5 Å². The Morgan fingerprint density at radius 1 is 1.23 bits per heavy atom. The predicted molar refractivity (Wildman–Crippen MR) is 89.0 cm³/mol. The first-order valence-electron chi connectivity index (χ1n) is 8.76. The number of amides is 1. The number of hydrogen-bond acceptors (Lipinski definition) is 4. The minimum atomic E-state index is -0.403. The van der Waals surface area contributed by atoms with Crippen LogP contribution >= 0.6 is 0 Å². The van der Waals surface area contributed by atoms with Gasteiger partial charge in [-0.1, -0.05) is 6.92 Å². The molecule has 0 aliphatic carbocycles. The molecular formula is C17H33N3O2. The lowest BCUT2D eigenvalue weighted by molar-refractivity contribution is 0.0104. The number of nitrogens with zero attached hydrogens (tertiary/aromatic N) is 2. The molecule has 2 unspecified atom stereocenters. The lowest BCUT2D eigenvalue weighted by Gasteiger charge is -2.38. The van der Waals surface area contributed by atoms with Gasteiger partial charge in [0.05, 0.1) is 0 Å². The summed E-state index contributed by atoms with van der Waals surface area (Å²) in [6.45, 7) is 15.5. The molecule has 0 radical (unpaired) electrons. The third-order valence-electron chi connectivity index (χ3n) is 4.76. The third kappa shape index (κ3) is 5.43. The molecule has 5 heteroatoms. The van der Waals surface area contributed by atoms with Crippen molar-refractivity contribution in [1.82, 2.24) is 15.1 Å². The van der Waals surface area contributed by atoms with Crippen molar-refractivity contribution in [3.05, 3.63) is 0 Å². The molecule has 0 spiro atoms. The highest BCUT2D eigenvalue weighted by molar-refractivity contribution is 5.68. The molecule has 2 saturated heterocycles. The minimum Gasteiger partial charge on any atom is -0.444 e. The largest absolute Gasteiger partial charge is 0.444 e. The van der Waals surface area contributed by atoms with E-state index in [1.807, 2.05) is 25.7 Å². The summed E-state index contributed by atoms with van der Waals surface area (Å²) >= 11 is 0. The zero-order chi connectivity index (χ0) is 16.2. The summed E-state index contributed by atoms with van der Waals surface area (Å²) in [6.07, 6.45) is 2.20. The molecule has 0 bridgehead atoms. The first-order valence-corrected chi connectivity index (χ1v) is 8.76. The van der Waals surface area contributed by atoms with Crippen LogP contribution in [0.1, 0.15) is 40.5 Å². The number of piperidine rings is 1. The zero-order valence-electron chi connectivity index (χ0n) is 14.7. The topological polar surface area (TPSA) is 44.8 Å². The molecule has 0 aromatic heterocycles. The van der Waals surface area contributed by atoms with Crippen molar-refractivity contribution in [3.63, 3.8) is 0 Å². The van der Waals surface area contributed by atoms with Crippen molar-refractivity contribution in [2.45, 2.75) is 46.1 Å². The fourth-order valence-electron chi connectivity index (χ4n) is 3.40. The van der Waals surface area contributed by atoms with Gasteiger partial charge in [-0.25, -0.2) is 4.79 Å². The monoisotopic (exact) mass is 311 g/mol. The average molecular weight is 311 g/mol. The molecule has 2 fully saturated rings. The van der Waals surface area contributed by atoms with E-state index in [1.165, 1.54) is 26.1 Å². The first-order chi connectivity index (χ1) is 10.3. The minimum absolute atomic E-state index is 0.153. The maximum Gasteiger partial charge on any atom is 0.410 e. The van der Waals surface area contributed by atoms with Crippen LogP contribution in [0.5, 0.6) is 0 Å². The van der Waals surface area contributed by atoms with E-state index in [2.05, 4.69) is 17.1 Å². The molecule has 0 aromatic carbocycles. The lowest BCUT2D eigenvalue weighted by atomic mass is 9.84. The summed E-state index contributed by atoms with van der Waals surface area (Å²) in [5, 5.41) is 3.40. The van der Waals surface area contributed by atoms with Gasteiger partial charge in [0.25, 0.3) is 0 Å². The van der Waals surface area contributed by atoms with Gasteiger partial charge in [0, 0.05) is 39.3 Å². The van der Waals surface area contributed by atoms with E-state index in [9.17, 15) is 4.79 Å². The van der Waals surface area contributed by atoms with Crippen molar-refractivity contribution in [3.8, 4) is 0 Å². The van der Waals surface area contributed by atoms with E-state index in [4.69, 9.17) is 4.74 Å².